The molecule has 5 heteroatoms. The molecule has 1 aliphatic heterocycles. The molecule has 0 aromatic heterocycles. The highest BCUT2D eigenvalue weighted by molar-refractivity contribution is 8.26. The summed E-state index contributed by atoms with van der Waals surface area (Å²) >= 11 is 6.62. The lowest BCUT2D eigenvalue weighted by molar-refractivity contribution is -0.122. The third-order valence-corrected chi connectivity index (χ3v) is 5.43. The van der Waals surface area contributed by atoms with Crippen molar-refractivity contribution >= 4 is 40.3 Å². The Morgan fingerprint density at radius 2 is 2.09 bits per heavy atom. The first-order valence-electron chi connectivity index (χ1n) is 8.06. The summed E-state index contributed by atoms with van der Waals surface area (Å²) in [6, 6.07) is 6.45. The predicted molar refractivity (Wildman–Crippen MR) is 99.6 cm³/mol. The van der Waals surface area contributed by atoms with E-state index in [1.54, 1.807) is 29.2 Å². The lowest BCUT2D eigenvalue weighted by Crippen LogP contribution is -2.33. The molecule has 1 amide bonds. The van der Waals surface area contributed by atoms with Gasteiger partial charge in [-0.25, -0.2) is 4.39 Å². The quantitative estimate of drug-likeness (QED) is 0.495. The summed E-state index contributed by atoms with van der Waals surface area (Å²) in [4.78, 5) is 14.8. The fourth-order valence-corrected chi connectivity index (χ4v) is 3.83. The van der Waals surface area contributed by atoms with Crippen molar-refractivity contribution < 1.29 is 9.18 Å². The first-order chi connectivity index (χ1) is 11.1. The largest absolute Gasteiger partial charge is 0.293 e. The van der Waals surface area contributed by atoms with E-state index in [4.69, 9.17) is 12.2 Å². The second-order valence-electron chi connectivity index (χ2n) is 5.73. The second kappa shape index (κ2) is 8.60. The molecule has 2 rings (SSSR count). The summed E-state index contributed by atoms with van der Waals surface area (Å²) in [5, 5.41) is 0. The van der Waals surface area contributed by atoms with Crippen LogP contribution in [-0.2, 0) is 4.79 Å². The van der Waals surface area contributed by atoms with Crippen LogP contribution in [0.25, 0.3) is 6.08 Å². The minimum atomic E-state index is -0.327. The topological polar surface area (TPSA) is 20.3 Å². The summed E-state index contributed by atoms with van der Waals surface area (Å²) in [5.74, 6) is 0.0376. The molecule has 1 aromatic carbocycles. The molecule has 1 saturated heterocycles. The lowest BCUT2D eigenvalue weighted by atomic mass is 9.99. The Balaban J connectivity index is 2.12. The molecule has 1 heterocycles. The smallest absolute Gasteiger partial charge is 0.266 e. The number of thiocarbonyl (C=S) groups is 1. The first kappa shape index (κ1) is 18.1. The van der Waals surface area contributed by atoms with Crippen LogP contribution in [0.5, 0.6) is 0 Å². The van der Waals surface area contributed by atoms with Gasteiger partial charge >= 0.3 is 0 Å². The van der Waals surface area contributed by atoms with Gasteiger partial charge in [0.1, 0.15) is 10.1 Å². The van der Waals surface area contributed by atoms with Gasteiger partial charge in [-0.15, -0.1) is 0 Å². The summed E-state index contributed by atoms with van der Waals surface area (Å²) in [5.41, 5.74) is 0.422. The normalized spacial score (nSPS) is 18.0. The van der Waals surface area contributed by atoms with E-state index in [0.717, 1.165) is 19.3 Å². The SMILES string of the molecule is CCCCC(CC)CN1C(=O)/C(=C/c2ccccc2F)SC1=S. The molecule has 0 spiro atoms. The molecule has 0 saturated carbocycles. The molecule has 2 nitrogen and oxygen atoms in total. The van der Waals surface area contributed by atoms with Gasteiger partial charge in [-0.3, -0.25) is 9.69 Å². The highest BCUT2D eigenvalue weighted by Gasteiger charge is 2.33. The van der Waals surface area contributed by atoms with Crippen LogP contribution in [-0.4, -0.2) is 21.7 Å². The molecule has 23 heavy (non-hydrogen) atoms. The Morgan fingerprint density at radius 3 is 2.74 bits per heavy atom. The minimum absolute atomic E-state index is 0.0989. The Bertz CT molecular complexity index is 615. The van der Waals surface area contributed by atoms with Gasteiger partial charge in [0.25, 0.3) is 5.91 Å². The molecule has 1 fully saturated rings. The van der Waals surface area contributed by atoms with E-state index in [2.05, 4.69) is 13.8 Å². The molecule has 0 radical (unpaired) electrons. The molecular weight excluding hydrogens is 329 g/mol. The van der Waals surface area contributed by atoms with Crippen molar-refractivity contribution in [2.45, 2.75) is 39.5 Å². The zero-order valence-corrected chi connectivity index (χ0v) is 15.2. The Labute approximate surface area is 147 Å². The van der Waals surface area contributed by atoms with Crippen molar-refractivity contribution in [1.82, 2.24) is 4.90 Å². The van der Waals surface area contributed by atoms with E-state index in [1.807, 2.05) is 0 Å². The number of hydrogen-bond acceptors (Lipinski definition) is 3. The van der Waals surface area contributed by atoms with E-state index in [0.29, 0.717) is 27.3 Å². The van der Waals surface area contributed by atoms with Crippen molar-refractivity contribution in [3.05, 3.63) is 40.6 Å². The van der Waals surface area contributed by atoms with Gasteiger partial charge in [-0.2, -0.15) is 0 Å². The zero-order chi connectivity index (χ0) is 16.8. The highest BCUT2D eigenvalue weighted by atomic mass is 32.2. The summed E-state index contributed by atoms with van der Waals surface area (Å²) in [6.45, 7) is 4.98. The van der Waals surface area contributed by atoms with Crippen LogP contribution < -0.4 is 0 Å². The summed E-state index contributed by atoms with van der Waals surface area (Å²) < 4.78 is 14.3. The third kappa shape index (κ3) is 4.64. The van der Waals surface area contributed by atoms with E-state index >= 15 is 0 Å². The van der Waals surface area contributed by atoms with Crippen LogP contribution in [0.2, 0.25) is 0 Å². The maximum Gasteiger partial charge on any atom is 0.266 e. The van der Waals surface area contributed by atoms with Gasteiger partial charge in [0.2, 0.25) is 0 Å². The van der Waals surface area contributed by atoms with Crippen molar-refractivity contribution in [3.8, 4) is 0 Å². The minimum Gasteiger partial charge on any atom is -0.293 e. The van der Waals surface area contributed by atoms with Crippen LogP contribution in [0.3, 0.4) is 0 Å². The van der Waals surface area contributed by atoms with E-state index in [-0.39, 0.29) is 11.7 Å². The van der Waals surface area contributed by atoms with Gasteiger partial charge in [0.05, 0.1) is 4.91 Å². The molecule has 124 valence electrons. The fourth-order valence-electron chi connectivity index (χ4n) is 2.57. The summed E-state index contributed by atoms with van der Waals surface area (Å²) in [6.07, 6.45) is 6.06. The second-order valence-corrected chi connectivity index (χ2v) is 7.41. The molecule has 1 unspecified atom stereocenters. The van der Waals surface area contributed by atoms with Gasteiger partial charge in [0.15, 0.2) is 0 Å². The average Bonchev–Trinajstić information content (AvgIpc) is 2.80. The van der Waals surface area contributed by atoms with Crippen molar-refractivity contribution in [1.29, 1.82) is 0 Å². The number of amides is 1. The van der Waals surface area contributed by atoms with Crippen molar-refractivity contribution in [2.75, 3.05) is 6.54 Å². The van der Waals surface area contributed by atoms with E-state index < -0.39 is 0 Å². The Kier molecular flexibility index (Phi) is 6.78. The highest BCUT2D eigenvalue weighted by Crippen LogP contribution is 2.34. The number of thioether (sulfide) groups is 1. The molecular formula is C18H22FNOS2. The number of rotatable bonds is 7. The third-order valence-electron chi connectivity index (χ3n) is 4.05. The van der Waals surface area contributed by atoms with Crippen LogP contribution in [0.1, 0.15) is 45.1 Å². The maximum atomic E-state index is 13.8. The maximum absolute atomic E-state index is 13.8. The predicted octanol–water partition coefficient (Wildman–Crippen LogP) is 5.24. The number of carbonyl (C=O) groups is 1. The Morgan fingerprint density at radius 1 is 1.35 bits per heavy atom. The van der Waals surface area contributed by atoms with Crippen LogP contribution in [0.4, 0.5) is 4.39 Å². The first-order valence-corrected chi connectivity index (χ1v) is 9.29. The molecule has 0 aliphatic carbocycles. The lowest BCUT2D eigenvalue weighted by Gasteiger charge is -2.21. The summed E-state index contributed by atoms with van der Waals surface area (Å²) in [7, 11) is 0. The van der Waals surface area contributed by atoms with Gasteiger partial charge in [-0.1, -0.05) is 75.3 Å². The van der Waals surface area contributed by atoms with Gasteiger partial charge in [-0.05, 0) is 24.5 Å². The zero-order valence-electron chi connectivity index (χ0n) is 13.5. The molecule has 1 aromatic rings. The van der Waals surface area contributed by atoms with Crippen molar-refractivity contribution in [3.63, 3.8) is 0 Å². The molecule has 1 aliphatic rings. The number of nitrogens with zero attached hydrogens (tertiary/aromatic N) is 1. The number of unbranched alkanes of at least 4 members (excludes halogenated alkanes) is 1. The number of carbonyl (C=O) groups excluding carboxylic acids is 1. The van der Waals surface area contributed by atoms with Crippen molar-refractivity contribution in [2.24, 2.45) is 5.92 Å². The molecule has 0 N–H and O–H groups in total. The molecule has 0 bridgehead atoms. The number of hydrogen-bond donors (Lipinski definition) is 0. The van der Waals surface area contributed by atoms with E-state index in [9.17, 15) is 9.18 Å². The number of benzene rings is 1. The van der Waals surface area contributed by atoms with Crippen LogP contribution in [0, 0.1) is 11.7 Å². The monoisotopic (exact) mass is 351 g/mol. The van der Waals surface area contributed by atoms with E-state index in [1.165, 1.54) is 24.2 Å². The van der Waals surface area contributed by atoms with Gasteiger partial charge in [0, 0.05) is 12.1 Å². The standard InChI is InChI=1S/C18H22FNOS2/c1-3-5-8-13(4-2)12-20-17(21)16(23-18(20)22)11-14-9-6-7-10-15(14)19/h6-7,9-11,13H,3-5,8,12H2,1-2H3/b16-11-. The average molecular weight is 352 g/mol. The molecule has 1 atom stereocenters. The fraction of sp³-hybridized carbons (Fsp3) is 0.444. The van der Waals surface area contributed by atoms with Crippen LogP contribution in [0.15, 0.2) is 29.2 Å². The van der Waals surface area contributed by atoms with Crippen LogP contribution >= 0.6 is 24.0 Å². The Hall–Kier alpha value is -1.20. The number of halogens is 1. The van der Waals surface area contributed by atoms with Gasteiger partial charge < -0.3 is 0 Å².